The number of rotatable bonds is 14. The summed E-state index contributed by atoms with van der Waals surface area (Å²) in [6.07, 6.45) is 3.77. The summed E-state index contributed by atoms with van der Waals surface area (Å²) in [6.45, 7) is 6.80. The van der Waals surface area contributed by atoms with E-state index in [4.69, 9.17) is 19.9 Å². The second-order valence-electron chi connectivity index (χ2n) is 23.8. The number of ketones is 2. The third-order valence-corrected chi connectivity index (χ3v) is 16.9. The smallest absolute Gasteiger partial charge is 0.352 e. The van der Waals surface area contributed by atoms with Gasteiger partial charge < -0.3 is 29.6 Å². The van der Waals surface area contributed by atoms with Crippen molar-refractivity contribution in [1.29, 1.82) is 0 Å². The monoisotopic (exact) mass is 1450 g/mol. The normalized spacial score (nSPS) is 10.9. The number of para-hydroxylation sites is 8. The van der Waals surface area contributed by atoms with Gasteiger partial charge in [0.25, 0.3) is 0 Å². The summed E-state index contributed by atoms with van der Waals surface area (Å²) in [6, 6.07) is 113. The molecule has 0 aliphatic rings. The van der Waals surface area contributed by atoms with Gasteiger partial charge in [-0.3, -0.25) is 19.6 Å². The first kappa shape index (κ1) is 64.7. The largest absolute Gasteiger partial charge is 3.00 e. The number of hydrogen-bond donors (Lipinski definition) is 0. The minimum Gasteiger partial charge on any atom is -0.352 e. The van der Waals surface area contributed by atoms with Crippen LogP contribution in [-0.2, 0) is 29.7 Å². The number of anilines is 12. The number of aryl methyl sites for hydroxylation is 2. The summed E-state index contributed by atoms with van der Waals surface area (Å²) in [7, 11) is 0. The Hall–Kier alpha value is -12.0. The van der Waals surface area contributed by atoms with E-state index in [-0.39, 0.29) is 38.1 Å². The van der Waals surface area contributed by atoms with Gasteiger partial charge in [-0.1, -0.05) is 168 Å². The molecule has 16 rings (SSSR count). The van der Waals surface area contributed by atoms with Crippen molar-refractivity contribution < 1.29 is 29.7 Å². The Labute approximate surface area is 583 Å². The zero-order chi connectivity index (χ0) is 66.2. The molecule has 0 bridgehead atoms. The van der Waals surface area contributed by atoms with Gasteiger partial charge in [-0.2, -0.15) is 0 Å². The molecule has 0 saturated carbocycles. The molecule has 14 aromatic carbocycles. The van der Waals surface area contributed by atoms with Crippen LogP contribution in [0.15, 0.2) is 316 Å². The minimum atomic E-state index is -0.0625. The van der Waals surface area contributed by atoms with E-state index in [0.717, 1.165) is 145 Å². The summed E-state index contributed by atoms with van der Waals surface area (Å²) in [4.78, 5) is 49.0. The van der Waals surface area contributed by atoms with Crippen molar-refractivity contribution in [2.24, 2.45) is 0 Å². The summed E-state index contributed by atoms with van der Waals surface area (Å²) < 4.78 is 0. The molecule has 0 atom stereocenters. The van der Waals surface area contributed by atoms with Crippen molar-refractivity contribution in [2.45, 2.75) is 34.1 Å². The fourth-order valence-corrected chi connectivity index (χ4v) is 12.7. The van der Waals surface area contributed by atoms with Crippen LogP contribution in [0.5, 0.6) is 0 Å². The zero-order valence-corrected chi connectivity index (χ0v) is 56.9. The van der Waals surface area contributed by atoms with Gasteiger partial charge in [0, 0.05) is 80.3 Å². The van der Waals surface area contributed by atoms with Gasteiger partial charge in [0.2, 0.25) is 0 Å². The molecule has 0 spiro atoms. The molecule has 16 aromatic rings. The van der Waals surface area contributed by atoms with E-state index in [1.54, 1.807) is 0 Å². The van der Waals surface area contributed by atoms with Crippen molar-refractivity contribution in [1.82, 2.24) is 19.9 Å². The summed E-state index contributed by atoms with van der Waals surface area (Å²) >= 11 is 0. The van der Waals surface area contributed by atoms with Crippen molar-refractivity contribution in [3.8, 4) is 0 Å². The van der Waals surface area contributed by atoms with Crippen LogP contribution in [-0.4, -0.2) is 31.5 Å². The van der Waals surface area contributed by atoms with E-state index < -0.39 is 0 Å². The first-order chi connectivity index (χ1) is 47.6. The first-order valence-corrected chi connectivity index (χ1v) is 32.3. The maximum absolute atomic E-state index is 10.0. The Morgan fingerprint density at radius 1 is 0.296 bits per heavy atom. The molecule has 474 valence electrons. The summed E-state index contributed by atoms with van der Waals surface area (Å²) in [5.41, 5.74) is 18.1. The molecular formula is C87H66IrN8O2+. The van der Waals surface area contributed by atoms with E-state index >= 15 is 0 Å². The van der Waals surface area contributed by atoms with Crippen LogP contribution in [0.3, 0.4) is 0 Å². The number of benzene rings is 14. The molecular weight excluding hydrogens is 1380 g/mol. The van der Waals surface area contributed by atoms with Gasteiger partial charge >= 0.3 is 20.1 Å². The molecule has 0 fully saturated rings. The van der Waals surface area contributed by atoms with Gasteiger partial charge in [0.1, 0.15) is 11.6 Å². The maximum Gasteiger partial charge on any atom is 3.00 e. The van der Waals surface area contributed by atoms with Gasteiger partial charge in [-0.05, 0) is 182 Å². The predicted octanol–water partition coefficient (Wildman–Crippen LogP) is 22.5. The van der Waals surface area contributed by atoms with E-state index in [2.05, 4.69) is 311 Å². The van der Waals surface area contributed by atoms with Gasteiger partial charge in [0.15, 0.2) is 0 Å². The Morgan fingerprint density at radius 2 is 0.541 bits per heavy atom. The molecule has 0 amide bonds. The molecule has 98 heavy (non-hydrogen) atoms. The number of carbonyl (C=O) groups excluding carboxylic acids is 2. The van der Waals surface area contributed by atoms with Crippen LogP contribution < -0.4 is 19.6 Å². The molecule has 0 N–H and O–H groups in total. The van der Waals surface area contributed by atoms with Crippen LogP contribution >= 0.6 is 0 Å². The van der Waals surface area contributed by atoms with Gasteiger partial charge in [-0.25, -0.2) is 0 Å². The van der Waals surface area contributed by atoms with Crippen LogP contribution in [0.2, 0.25) is 0 Å². The van der Waals surface area contributed by atoms with E-state index in [1.165, 1.54) is 13.8 Å². The second-order valence-corrected chi connectivity index (χ2v) is 23.8. The molecule has 2 aromatic heterocycles. The molecule has 0 unspecified atom stereocenters. The molecule has 2 heterocycles. The average Bonchev–Trinajstić information content (AvgIpc) is 0.740. The number of fused-ring (bicyclic) bond motifs is 12. The topological polar surface area (TPSA) is 98.7 Å². The van der Waals surface area contributed by atoms with Crippen molar-refractivity contribution in [2.75, 3.05) is 19.6 Å². The van der Waals surface area contributed by atoms with E-state index in [0.29, 0.717) is 0 Å². The van der Waals surface area contributed by atoms with Gasteiger partial charge in [0.05, 0.1) is 28.8 Å². The third-order valence-electron chi connectivity index (χ3n) is 16.9. The zero-order valence-electron chi connectivity index (χ0n) is 54.5. The summed E-state index contributed by atoms with van der Waals surface area (Å²) in [5.74, 6) is -0.125. The van der Waals surface area contributed by atoms with Crippen LogP contribution in [0.1, 0.15) is 31.7 Å². The number of carbonyl (C=O) groups is 2. The standard InChI is InChI=1S/2C41H29N4.C5H8O2.Ir/c2*1-29-28-42-40-36-24-22-34(44(30-14-6-2-7-15-30)31-16-8-3-9-17-31)26-38(36)39-27-35(23-25-37(39)41(40)43-29)45(32-18-10-4-11-19-32)33-20-12-5-13-21-33;1-4(6)3-5(2)7;/h2*2-23,25-28H,1H3;3H2,1-2H3;/q2*-1;;+3. The Morgan fingerprint density at radius 3 is 0.786 bits per heavy atom. The quantitative estimate of drug-likeness (QED) is 0.0595. The molecule has 10 nitrogen and oxygen atoms in total. The number of hydrogen-bond acceptors (Lipinski definition) is 10. The fourth-order valence-electron chi connectivity index (χ4n) is 12.7. The fraction of sp³-hybridized carbons (Fsp3) is 0.0575. The first-order valence-electron chi connectivity index (χ1n) is 32.3. The number of Topliss-reactive ketones (excluding diaryl/α,β-unsaturated/α-hetero) is 2. The second kappa shape index (κ2) is 29.3. The molecule has 0 saturated heterocycles. The van der Waals surface area contributed by atoms with Crippen molar-refractivity contribution in [3.63, 3.8) is 0 Å². The molecule has 0 radical (unpaired) electrons. The SMILES string of the molecule is CC(=O)CC(C)=O.Cc1cnc2c3[c-]cc(N(c4ccccc4)c4ccccc4)cc3c3cc(N(c4ccccc4)c4ccccc4)ccc3c2n1.Cc1cnc2c3[c-]cc(N(c4ccccc4)c4ccccc4)cc3c3cc(N(c4ccccc4)c4ccccc4)ccc3c2n1.[Ir+3]. The predicted molar refractivity (Wildman–Crippen MR) is 401 cm³/mol. The van der Waals surface area contributed by atoms with Crippen molar-refractivity contribution >= 4 is 145 Å². The molecule has 0 aliphatic carbocycles. The number of nitrogens with zero attached hydrogens (tertiary/aromatic N) is 8. The van der Waals surface area contributed by atoms with Gasteiger partial charge in [-0.15, -0.1) is 47.2 Å². The van der Waals surface area contributed by atoms with Crippen LogP contribution in [0.25, 0.3) is 65.2 Å². The molecule has 11 heteroatoms. The summed E-state index contributed by atoms with van der Waals surface area (Å²) in [5, 5.41) is 8.40. The van der Waals surface area contributed by atoms with E-state index in [9.17, 15) is 9.59 Å². The average molecular weight is 1450 g/mol. The van der Waals surface area contributed by atoms with Crippen LogP contribution in [0, 0.1) is 26.0 Å². The third kappa shape index (κ3) is 13.6. The van der Waals surface area contributed by atoms with E-state index in [1.807, 2.05) is 50.5 Å². The van der Waals surface area contributed by atoms with Crippen LogP contribution in [0.4, 0.5) is 68.2 Å². The Kier molecular flexibility index (Phi) is 19.4. The number of aromatic nitrogens is 4. The minimum absolute atomic E-state index is 0. The Balaban J connectivity index is 0.000000159. The van der Waals surface area contributed by atoms with Crippen molar-refractivity contribution in [3.05, 3.63) is 339 Å². The molecule has 0 aliphatic heterocycles. The Bertz CT molecular complexity index is 4970. The maximum atomic E-state index is 10.0.